The van der Waals surface area contributed by atoms with Crippen molar-refractivity contribution in [1.29, 1.82) is 0 Å². The van der Waals surface area contributed by atoms with Crippen LogP contribution in [0.3, 0.4) is 0 Å². The predicted molar refractivity (Wildman–Crippen MR) is 123 cm³/mol. The molecule has 2 heterocycles. The lowest BCUT2D eigenvalue weighted by Gasteiger charge is -2.43. The van der Waals surface area contributed by atoms with E-state index in [1.54, 1.807) is 36.1 Å². The zero-order valence-corrected chi connectivity index (χ0v) is 19.4. The third-order valence-electron chi connectivity index (χ3n) is 6.45. The fourth-order valence-corrected chi connectivity index (χ4v) is 4.65. The van der Waals surface area contributed by atoms with E-state index in [0.717, 1.165) is 25.7 Å². The first-order chi connectivity index (χ1) is 15.9. The number of amides is 3. The van der Waals surface area contributed by atoms with E-state index < -0.39 is 11.4 Å². The number of likely N-dealkylation sites (N-methyl/N-ethyl adjacent to an activating group) is 1. The van der Waals surface area contributed by atoms with Crippen molar-refractivity contribution >= 4 is 23.4 Å². The number of ether oxygens (including phenoxy) is 1. The van der Waals surface area contributed by atoms with Crippen LogP contribution in [0.4, 0.5) is 5.69 Å². The molecule has 1 aromatic carbocycles. The Morgan fingerprint density at radius 2 is 1.88 bits per heavy atom. The van der Waals surface area contributed by atoms with Crippen LogP contribution in [0.25, 0.3) is 0 Å². The number of carbonyl (C=O) groups excluding carboxylic acids is 3. The van der Waals surface area contributed by atoms with Crippen molar-refractivity contribution in [2.24, 2.45) is 0 Å². The van der Waals surface area contributed by atoms with Gasteiger partial charge in [0.15, 0.2) is 5.69 Å². The Labute approximate surface area is 193 Å². The monoisotopic (exact) mass is 453 g/mol. The Morgan fingerprint density at radius 3 is 2.52 bits per heavy atom. The first-order valence-corrected chi connectivity index (χ1v) is 11.6. The van der Waals surface area contributed by atoms with Crippen molar-refractivity contribution < 1.29 is 19.1 Å². The average Bonchev–Trinajstić information content (AvgIpc) is 3.45. The van der Waals surface area contributed by atoms with Crippen LogP contribution < -0.4 is 15.4 Å². The Hall–Kier alpha value is -3.36. The summed E-state index contributed by atoms with van der Waals surface area (Å²) in [5, 5.41) is 10.3. The molecular weight excluding hydrogens is 422 g/mol. The van der Waals surface area contributed by atoms with Gasteiger partial charge in [-0.1, -0.05) is 12.8 Å². The van der Waals surface area contributed by atoms with Gasteiger partial charge in [0.2, 0.25) is 5.91 Å². The van der Waals surface area contributed by atoms with Crippen LogP contribution in [0.5, 0.6) is 5.75 Å². The number of fused-ring (bicyclic) bond motifs is 1. The minimum atomic E-state index is -1.07. The molecule has 9 heteroatoms. The van der Waals surface area contributed by atoms with Gasteiger partial charge in [0.1, 0.15) is 17.0 Å². The molecule has 33 heavy (non-hydrogen) atoms. The Morgan fingerprint density at radius 1 is 1.18 bits per heavy atom. The van der Waals surface area contributed by atoms with Crippen LogP contribution in [-0.4, -0.2) is 57.1 Å². The molecule has 2 N–H and O–H groups in total. The van der Waals surface area contributed by atoms with Gasteiger partial charge in [-0.25, -0.2) is 0 Å². The molecule has 1 aromatic heterocycles. The third-order valence-corrected chi connectivity index (χ3v) is 6.45. The van der Waals surface area contributed by atoms with Gasteiger partial charge in [0.05, 0.1) is 13.2 Å². The topological polar surface area (TPSA) is 106 Å². The molecule has 1 aliphatic carbocycles. The van der Waals surface area contributed by atoms with E-state index in [2.05, 4.69) is 15.7 Å². The fourth-order valence-electron chi connectivity index (χ4n) is 4.65. The van der Waals surface area contributed by atoms with E-state index >= 15 is 0 Å². The molecule has 1 atom stereocenters. The van der Waals surface area contributed by atoms with Gasteiger partial charge in [-0.15, -0.1) is 0 Å². The number of rotatable bonds is 7. The third kappa shape index (κ3) is 4.44. The zero-order chi connectivity index (χ0) is 23.6. The molecule has 1 fully saturated rings. The van der Waals surface area contributed by atoms with Crippen molar-refractivity contribution in [3.05, 3.63) is 41.7 Å². The van der Waals surface area contributed by atoms with Crippen molar-refractivity contribution in [3.63, 3.8) is 0 Å². The number of aromatic nitrogens is 2. The largest absolute Gasteiger partial charge is 0.494 e. The molecule has 9 nitrogen and oxygen atoms in total. The van der Waals surface area contributed by atoms with Crippen LogP contribution >= 0.6 is 0 Å². The standard InChI is InChI=1S/C24H31N5O4/c1-4-28-22(31)20-14-19(21(30)25-17-10-12-18(13-11-17)33-5-2)27-29(20)15-24(28,3)23(32)26-16-8-6-7-9-16/h10-14,16H,4-9,15H2,1-3H3,(H,25,30)(H,26,32)/t24-/m1/s1. The molecule has 0 unspecified atom stereocenters. The number of nitrogens with zero attached hydrogens (tertiary/aromatic N) is 3. The highest BCUT2D eigenvalue weighted by Gasteiger charge is 2.48. The van der Waals surface area contributed by atoms with Crippen LogP contribution in [-0.2, 0) is 11.3 Å². The molecular formula is C24H31N5O4. The van der Waals surface area contributed by atoms with Gasteiger partial charge in [0.25, 0.3) is 11.8 Å². The lowest BCUT2D eigenvalue weighted by Crippen LogP contribution is -2.64. The number of anilines is 1. The van der Waals surface area contributed by atoms with Crippen LogP contribution in [0.1, 0.15) is 67.4 Å². The lowest BCUT2D eigenvalue weighted by molar-refractivity contribution is -0.133. The number of benzene rings is 1. The normalized spacial score (nSPS) is 20.5. The van der Waals surface area contributed by atoms with Gasteiger partial charge < -0.3 is 20.3 Å². The van der Waals surface area contributed by atoms with Crippen LogP contribution in [0.15, 0.2) is 30.3 Å². The van der Waals surface area contributed by atoms with Gasteiger partial charge in [-0.05, 0) is 57.9 Å². The summed E-state index contributed by atoms with van der Waals surface area (Å²) < 4.78 is 6.90. The smallest absolute Gasteiger partial charge is 0.276 e. The second-order valence-electron chi connectivity index (χ2n) is 8.76. The van der Waals surface area contributed by atoms with Gasteiger partial charge in [-0.3, -0.25) is 19.1 Å². The van der Waals surface area contributed by atoms with Gasteiger partial charge >= 0.3 is 0 Å². The summed E-state index contributed by atoms with van der Waals surface area (Å²) in [6.07, 6.45) is 4.14. The Kier molecular flexibility index (Phi) is 6.40. The quantitative estimate of drug-likeness (QED) is 0.671. The highest BCUT2D eigenvalue weighted by atomic mass is 16.5. The van der Waals surface area contributed by atoms with E-state index in [4.69, 9.17) is 4.74 Å². The zero-order valence-electron chi connectivity index (χ0n) is 19.4. The summed E-state index contributed by atoms with van der Waals surface area (Å²) in [5.74, 6) is -0.186. The Bertz CT molecular complexity index is 1040. The maximum absolute atomic E-state index is 13.2. The molecule has 0 bridgehead atoms. The first-order valence-electron chi connectivity index (χ1n) is 11.6. The van der Waals surface area contributed by atoms with Crippen molar-refractivity contribution in [1.82, 2.24) is 20.0 Å². The number of nitrogens with one attached hydrogen (secondary N) is 2. The maximum Gasteiger partial charge on any atom is 0.276 e. The molecule has 0 spiro atoms. The highest BCUT2D eigenvalue weighted by Crippen LogP contribution is 2.29. The van der Waals surface area contributed by atoms with Crippen molar-refractivity contribution in [2.45, 2.75) is 64.6 Å². The molecule has 2 aromatic rings. The van der Waals surface area contributed by atoms with E-state index in [1.165, 1.54) is 10.7 Å². The molecule has 2 aliphatic rings. The molecule has 0 saturated heterocycles. The predicted octanol–water partition coefficient (Wildman–Crippen LogP) is 2.83. The summed E-state index contributed by atoms with van der Waals surface area (Å²) in [5.41, 5.74) is -0.0451. The van der Waals surface area contributed by atoms with Gasteiger partial charge in [-0.2, -0.15) is 5.10 Å². The maximum atomic E-state index is 13.2. The second kappa shape index (κ2) is 9.25. The summed E-state index contributed by atoms with van der Waals surface area (Å²) >= 11 is 0. The summed E-state index contributed by atoms with van der Waals surface area (Å²) in [7, 11) is 0. The Balaban J connectivity index is 1.53. The average molecular weight is 454 g/mol. The first kappa shape index (κ1) is 22.8. The van der Waals surface area contributed by atoms with Gasteiger partial charge in [0, 0.05) is 24.3 Å². The van der Waals surface area contributed by atoms with Crippen LogP contribution in [0, 0.1) is 0 Å². The number of carbonyl (C=O) groups is 3. The van der Waals surface area contributed by atoms with Crippen molar-refractivity contribution in [2.75, 3.05) is 18.5 Å². The summed E-state index contributed by atoms with van der Waals surface area (Å²) in [4.78, 5) is 40.8. The lowest BCUT2D eigenvalue weighted by atomic mass is 9.94. The number of hydrogen-bond donors (Lipinski definition) is 2. The van der Waals surface area contributed by atoms with E-state index in [-0.39, 0.29) is 30.1 Å². The molecule has 176 valence electrons. The van der Waals surface area contributed by atoms with Crippen molar-refractivity contribution in [3.8, 4) is 5.75 Å². The minimum absolute atomic E-state index is 0.128. The summed E-state index contributed by atoms with van der Waals surface area (Å²) in [6, 6.07) is 8.67. The summed E-state index contributed by atoms with van der Waals surface area (Å²) in [6.45, 7) is 6.66. The SMILES string of the molecule is CCOc1ccc(NC(=O)c2cc3n(n2)C[C@](C)(C(=O)NC2CCCC2)N(CC)C3=O)cc1. The molecule has 0 radical (unpaired) electrons. The number of hydrogen-bond acceptors (Lipinski definition) is 5. The fraction of sp³-hybridized carbons (Fsp3) is 0.500. The molecule has 1 aliphatic heterocycles. The molecule has 1 saturated carbocycles. The second-order valence-corrected chi connectivity index (χ2v) is 8.76. The van der Waals surface area contributed by atoms with E-state index in [9.17, 15) is 14.4 Å². The van der Waals surface area contributed by atoms with Crippen LogP contribution in [0.2, 0.25) is 0 Å². The molecule has 4 rings (SSSR count). The van der Waals surface area contributed by atoms with E-state index in [0.29, 0.717) is 30.3 Å². The van der Waals surface area contributed by atoms with E-state index in [1.807, 2.05) is 13.8 Å². The minimum Gasteiger partial charge on any atom is -0.494 e. The highest BCUT2D eigenvalue weighted by molar-refractivity contribution is 6.06. The molecule has 3 amide bonds.